The van der Waals surface area contributed by atoms with Crippen LogP contribution in [0.2, 0.25) is 0 Å². The largest absolute Gasteiger partial charge is 0.340 e. The topological polar surface area (TPSA) is 42.2 Å². The molecule has 4 aromatic rings. The number of hydrogen-bond donors (Lipinski definition) is 1. The van der Waals surface area contributed by atoms with Gasteiger partial charge in [0.25, 0.3) is 0 Å². The molecule has 4 heteroatoms. The van der Waals surface area contributed by atoms with Gasteiger partial charge in [-0.1, -0.05) is 76.1 Å². The quantitative estimate of drug-likeness (QED) is 0.368. The fourth-order valence-electron chi connectivity index (χ4n) is 3.66. The Kier molecular flexibility index (Phi) is 5.81. The summed E-state index contributed by atoms with van der Waals surface area (Å²) in [6.45, 7) is 10.9. The summed E-state index contributed by atoms with van der Waals surface area (Å²) in [6.07, 6.45) is 5.48. The number of aromatic nitrogens is 3. The molecule has 0 aliphatic carbocycles. The third-order valence-corrected chi connectivity index (χ3v) is 5.65. The van der Waals surface area contributed by atoms with Crippen LogP contribution in [0.5, 0.6) is 0 Å². The summed E-state index contributed by atoms with van der Waals surface area (Å²) >= 11 is 0. The fraction of sp³-hybridized carbons (Fsp3) is 0.333. The lowest BCUT2D eigenvalue weighted by molar-refractivity contribution is 0.569. The van der Waals surface area contributed by atoms with Crippen molar-refractivity contribution in [1.29, 1.82) is 0 Å². The first-order valence-electron chi connectivity index (χ1n) is 11.2. The van der Waals surface area contributed by atoms with Gasteiger partial charge in [0.1, 0.15) is 5.82 Å². The predicted molar refractivity (Wildman–Crippen MR) is 130 cm³/mol. The number of anilines is 2. The average molecular weight is 413 g/mol. The molecule has 0 saturated heterocycles. The zero-order chi connectivity index (χ0) is 22.0. The minimum absolute atomic E-state index is 0.0724. The van der Waals surface area contributed by atoms with Gasteiger partial charge >= 0.3 is 0 Å². The number of rotatable bonds is 6. The Labute approximate surface area is 185 Å². The molecule has 2 aromatic heterocycles. The van der Waals surface area contributed by atoms with Crippen molar-refractivity contribution in [2.75, 3.05) is 5.32 Å². The van der Waals surface area contributed by atoms with Crippen LogP contribution < -0.4 is 5.32 Å². The van der Waals surface area contributed by atoms with E-state index in [9.17, 15) is 0 Å². The zero-order valence-electron chi connectivity index (χ0n) is 19.2. The van der Waals surface area contributed by atoms with E-state index in [0.717, 1.165) is 40.4 Å². The molecule has 0 saturated carbocycles. The molecule has 2 aromatic carbocycles. The van der Waals surface area contributed by atoms with Crippen LogP contribution in [0.25, 0.3) is 16.8 Å². The van der Waals surface area contributed by atoms with Crippen LogP contribution in [0.4, 0.5) is 11.5 Å². The molecule has 0 atom stereocenters. The van der Waals surface area contributed by atoms with Gasteiger partial charge < -0.3 is 5.32 Å². The van der Waals surface area contributed by atoms with Gasteiger partial charge in [-0.25, -0.2) is 4.98 Å². The Bertz CT molecular complexity index is 1160. The molecular weight excluding hydrogens is 380 g/mol. The highest BCUT2D eigenvalue weighted by molar-refractivity contribution is 5.79. The number of hydrogen-bond acceptors (Lipinski definition) is 3. The van der Waals surface area contributed by atoms with Gasteiger partial charge in [0.2, 0.25) is 0 Å². The molecule has 31 heavy (non-hydrogen) atoms. The Morgan fingerprint density at radius 2 is 1.68 bits per heavy atom. The number of fused-ring (bicyclic) bond motifs is 1. The minimum Gasteiger partial charge on any atom is -0.340 e. The van der Waals surface area contributed by atoms with E-state index in [2.05, 4.69) is 99.6 Å². The molecule has 0 aliphatic heterocycles. The fourth-order valence-corrected chi connectivity index (χ4v) is 3.66. The van der Waals surface area contributed by atoms with E-state index in [-0.39, 0.29) is 5.41 Å². The van der Waals surface area contributed by atoms with E-state index < -0.39 is 0 Å². The molecule has 0 amide bonds. The van der Waals surface area contributed by atoms with Gasteiger partial charge in [0.05, 0.1) is 11.9 Å². The number of aryl methyl sites for hydroxylation is 2. The van der Waals surface area contributed by atoms with Crippen LogP contribution in [0.15, 0.2) is 60.8 Å². The standard InChI is InChI=1S/C27H32N4/c1-6-7-8-20-11-15-22(16-12-20)29-25-17-24(27(3,4)5)30-26-23(18-28-31(25)26)21-13-9-19(2)10-14-21/h9-18,29H,6-8H2,1-5H3. The molecule has 160 valence electrons. The monoisotopic (exact) mass is 412 g/mol. The lowest BCUT2D eigenvalue weighted by Crippen LogP contribution is -2.16. The molecule has 4 rings (SSSR count). The van der Waals surface area contributed by atoms with Crippen molar-refractivity contribution >= 4 is 17.2 Å². The van der Waals surface area contributed by atoms with Gasteiger partial charge in [-0.15, -0.1) is 0 Å². The molecule has 0 fully saturated rings. The Morgan fingerprint density at radius 1 is 0.968 bits per heavy atom. The lowest BCUT2D eigenvalue weighted by atomic mass is 9.92. The first-order valence-corrected chi connectivity index (χ1v) is 11.2. The van der Waals surface area contributed by atoms with Crippen molar-refractivity contribution in [3.05, 3.63) is 77.6 Å². The van der Waals surface area contributed by atoms with Crippen LogP contribution in [0.3, 0.4) is 0 Å². The first kappa shape index (κ1) is 21.1. The molecule has 4 nitrogen and oxygen atoms in total. The smallest absolute Gasteiger partial charge is 0.165 e. The van der Waals surface area contributed by atoms with Crippen molar-refractivity contribution in [2.24, 2.45) is 0 Å². The second-order valence-electron chi connectivity index (χ2n) is 9.36. The molecule has 0 unspecified atom stereocenters. The van der Waals surface area contributed by atoms with Crippen LogP contribution in [0.1, 0.15) is 57.4 Å². The third-order valence-electron chi connectivity index (χ3n) is 5.65. The molecule has 0 bridgehead atoms. The second-order valence-corrected chi connectivity index (χ2v) is 9.36. The van der Waals surface area contributed by atoms with Gasteiger partial charge in [-0.3, -0.25) is 0 Å². The highest BCUT2D eigenvalue weighted by Crippen LogP contribution is 2.31. The lowest BCUT2D eigenvalue weighted by Gasteiger charge is -2.20. The summed E-state index contributed by atoms with van der Waals surface area (Å²) in [4.78, 5) is 5.02. The van der Waals surface area contributed by atoms with E-state index in [4.69, 9.17) is 4.98 Å². The Morgan fingerprint density at radius 3 is 2.32 bits per heavy atom. The predicted octanol–water partition coefficient (Wildman–Crippen LogP) is 7.09. The van der Waals surface area contributed by atoms with Crippen LogP contribution >= 0.6 is 0 Å². The normalized spacial score (nSPS) is 11.8. The average Bonchev–Trinajstić information content (AvgIpc) is 3.17. The van der Waals surface area contributed by atoms with E-state index in [0.29, 0.717) is 0 Å². The maximum Gasteiger partial charge on any atom is 0.165 e. The minimum atomic E-state index is -0.0724. The summed E-state index contributed by atoms with van der Waals surface area (Å²) < 4.78 is 1.91. The van der Waals surface area contributed by atoms with Crippen molar-refractivity contribution < 1.29 is 0 Å². The molecule has 0 spiro atoms. The maximum atomic E-state index is 5.02. The summed E-state index contributed by atoms with van der Waals surface area (Å²) in [5.41, 5.74) is 7.69. The van der Waals surface area contributed by atoms with Gasteiger partial charge in [-0.2, -0.15) is 9.61 Å². The highest BCUT2D eigenvalue weighted by atomic mass is 15.3. The Hall–Kier alpha value is -3.14. The van der Waals surface area contributed by atoms with Crippen molar-refractivity contribution in [2.45, 2.75) is 59.3 Å². The van der Waals surface area contributed by atoms with Gasteiger partial charge in [0.15, 0.2) is 5.65 Å². The maximum absolute atomic E-state index is 5.02. The molecule has 1 N–H and O–H groups in total. The van der Waals surface area contributed by atoms with E-state index >= 15 is 0 Å². The van der Waals surface area contributed by atoms with Crippen LogP contribution in [0, 0.1) is 6.92 Å². The van der Waals surface area contributed by atoms with Crippen LogP contribution in [-0.2, 0) is 11.8 Å². The van der Waals surface area contributed by atoms with E-state index in [1.807, 2.05) is 10.7 Å². The SMILES string of the molecule is CCCCc1ccc(Nc2cc(C(C)(C)C)nc3c(-c4ccc(C)cc4)cnn23)cc1. The number of nitrogens with one attached hydrogen (secondary N) is 1. The van der Waals surface area contributed by atoms with Crippen LogP contribution in [-0.4, -0.2) is 14.6 Å². The van der Waals surface area contributed by atoms with Crippen molar-refractivity contribution in [3.63, 3.8) is 0 Å². The number of nitrogens with zero attached hydrogens (tertiary/aromatic N) is 3. The Balaban J connectivity index is 1.76. The summed E-state index contributed by atoms with van der Waals surface area (Å²) in [7, 11) is 0. The molecular formula is C27H32N4. The summed E-state index contributed by atoms with van der Waals surface area (Å²) in [6, 6.07) is 19.4. The first-order chi connectivity index (χ1) is 14.8. The zero-order valence-corrected chi connectivity index (χ0v) is 19.2. The van der Waals surface area contributed by atoms with Gasteiger partial charge in [0, 0.05) is 22.7 Å². The molecule has 0 aliphatic rings. The van der Waals surface area contributed by atoms with E-state index in [1.54, 1.807) is 0 Å². The number of benzene rings is 2. The summed E-state index contributed by atoms with van der Waals surface area (Å²) in [5, 5.41) is 8.26. The third kappa shape index (κ3) is 4.63. The second kappa shape index (κ2) is 8.54. The molecule has 0 radical (unpaired) electrons. The highest BCUT2D eigenvalue weighted by Gasteiger charge is 2.20. The van der Waals surface area contributed by atoms with E-state index in [1.165, 1.54) is 24.0 Å². The van der Waals surface area contributed by atoms with Crippen molar-refractivity contribution in [3.8, 4) is 11.1 Å². The number of unbranched alkanes of at least 4 members (excludes halogenated alkanes) is 1. The molecule has 2 heterocycles. The van der Waals surface area contributed by atoms with Crippen molar-refractivity contribution in [1.82, 2.24) is 14.6 Å². The van der Waals surface area contributed by atoms with Gasteiger partial charge in [-0.05, 0) is 43.0 Å². The summed E-state index contributed by atoms with van der Waals surface area (Å²) in [5.74, 6) is 0.926.